The number of carbonyl (C=O) groups is 1. The molecule has 0 radical (unpaired) electrons. The van der Waals surface area contributed by atoms with Crippen LogP contribution in [-0.4, -0.2) is 63.2 Å². The summed E-state index contributed by atoms with van der Waals surface area (Å²) in [7, 11) is 4.83. The van der Waals surface area contributed by atoms with Gasteiger partial charge in [0.05, 0.1) is 31.9 Å². The molecule has 7 heteroatoms. The molecule has 0 aromatic heterocycles. The predicted molar refractivity (Wildman–Crippen MR) is 109 cm³/mol. The van der Waals surface area contributed by atoms with Crippen molar-refractivity contribution >= 4 is 17.5 Å². The van der Waals surface area contributed by atoms with E-state index in [4.69, 9.17) is 25.8 Å². The molecule has 0 spiro atoms. The molecule has 1 fully saturated rings. The van der Waals surface area contributed by atoms with Crippen molar-refractivity contribution in [2.45, 2.75) is 6.54 Å². The van der Waals surface area contributed by atoms with E-state index in [2.05, 4.69) is 4.90 Å². The van der Waals surface area contributed by atoms with Crippen LogP contribution in [0.25, 0.3) is 0 Å². The summed E-state index contributed by atoms with van der Waals surface area (Å²) in [6, 6.07) is 11.0. The summed E-state index contributed by atoms with van der Waals surface area (Å²) in [6.45, 7) is 3.55. The topological polar surface area (TPSA) is 51.2 Å². The summed E-state index contributed by atoms with van der Waals surface area (Å²) in [5, 5.41) is 0.491. The lowest BCUT2D eigenvalue weighted by Crippen LogP contribution is -2.48. The highest BCUT2D eigenvalue weighted by atomic mass is 35.5. The van der Waals surface area contributed by atoms with E-state index in [1.54, 1.807) is 33.5 Å². The molecule has 0 unspecified atom stereocenters. The molecule has 150 valence electrons. The predicted octanol–water partition coefficient (Wildman–Crippen LogP) is 3.32. The van der Waals surface area contributed by atoms with Crippen LogP contribution >= 0.6 is 11.6 Å². The molecule has 0 N–H and O–H groups in total. The molecular weight excluding hydrogens is 380 g/mol. The third-order valence-corrected chi connectivity index (χ3v) is 5.27. The quantitative estimate of drug-likeness (QED) is 0.739. The number of methoxy groups -OCH3 is 3. The van der Waals surface area contributed by atoms with Crippen LogP contribution in [0.2, 0.25) is 5.02 Å². The Hall–Kier alpha value is -2.44. The zero-order chi connectivity index (χ0) is 20.1. The van der Waals surface area contributed by atoms with Gasteiger partial charge in [0, 0.05) is 38.3 Å². The molecular formula is C21H25ClN2O4. The van der Waals surface area contributed by atoms with E-state index in [0.717, 1.165) is 18.7 Å². The first kappa shape index (κ1) is 20.3. The van der Waals surface area contributed by atoms with E-state index in [0.29, 0.717) is 47.5 Å². The van der Waals surface area contributed by atoms with Crippen LogP contribution in [0.3, 0.4) is 0 Å². The Bertz CT molecular complexity index is 835. The largest absolute Gasteiger partial charge is 0.493 e. The van der Waals surface area contributed by atoms with Gasteiger partial charge in [-0.15, -0.1) is 0 Å². The van der Waals surface area contributed by atoms with Crippen molar-refractivity contribution in [3.8, 4) is 17.2 Å². The van der Waals surface area contributed by atoms with Crippen LogP contribution in [0.15, 0.2) is 36.4 Å². The van der Waals surface area contributed by atoms with Crippen molar-refractivity contribution in [1.29, 1.82) is 0 Å². The zero-order valence-electron chi connectivity index (χ0n) is 16.4. The molecule has 0 bridgehead atoms. The van der Waals surface area contributed by atoms with Gasteiger partial charge in [0.2, 0.25) is 5.75 Å². The van der Waals surface area contributed by atoms with Crippen LogP contribution in [0.5, 0.6) is 17.2 Å². The lowest BCUT2D eigenvalue weighted by molar-refractivity contribution is 0.0627. The fourth-order valence-corrected chi connectivity index (χ4v) is 3.66. The minimum atomic E-state index is -0.0195. The van der Waals surface area contributed by atoms with Gasteiger partial charge in [-0.25, -0.2) is 0 Å². The maximum Gasteiger partial charge on any atom is 0.255 e. The van der Waals surface area contributed by atoms with Crippen LogP contribution in [-0.2, 0) is 6.54 Å². The van der Waals surface area contributed by atoms with Crippen molar-refractivity contribution in [1.82, 2.24) is 9.80 Å². The second-order valence-corrected chi connectivity index (χ2v) is 6.95. The maximum atomic E-state index is 12.7. The molecule has 3 rings (SSSR count). The molecule has 2 aromatic carbocycles. The first-order valence-electron chi connectivity index (χ1n) is 9.13. The fraction of sp³-hybridized carbons (Fsp3) is 0.381. The summed E-state index contributed by atoms with van der Waals surface area (Å²) in [4.78, 5) is 16.9. The van der Waals surface area contributed by atoms with Gasteiger partial charge in [0.25, 0.3) is 5.91 Å². The zero-order valence-corrected chi connectivity index (χ0v) is 17.2. The van der Waals surface area contributed by atoms with Gasteiger partial charge in [-0.2, -0.15) is 0 Å². The van der Waals surface area contributed by atoms with Crippen molar-refractivity contribution in [3.05, 3.63) is 52.5 Å². The average Bonchev–Trinajstić information content (AvgIpc) is 2.73. The molecule has 1 amide bonds. The van der Waals surface area contributed by atoms with Gasteiger partial charge < -0.3 is 19.1 Å². The standard InChI is InChI=1S/C21H25ClN2O4/c1-26-18-9-8-15(19(27-2)20(18)28-3)14-23-10-12-24(13-11-23)21(25)16-6-4-5-7-17(16)22/h4-9H,10-14H2,1-3H3. The van der Waals surface area contributed by atoms with Crippen LogP contribution in [0.4, 0.5) is 0 Å². The maximum absolute atomic E-state index is 12.7. The minimum absolute atomic E-state index is 0.0195. The molecule has 1 aliphatic rings. The Morgan fingerprint density at radius 2 is 1.61 bits per heavy atom. The number of piperazine rings is 1. The highest BCUT2D eigenvalue weighted by molar-refractivity contribution is 6.33. The number of nitrogens with zero attached hydrogens (tertiary/aromatic N) is 2. The number of hydrogen-bond acceptors (Lipinski definition) is 5. The van der Waals surface area contributed by atoms with Crippen LogP contribution < -0.4 is 14.2 Å². The third kappa shape index (κ3) is 4.18. The van der Waals surface area contributed by atoms with E-state index in [9.17, 15) is 4.79 Å². The minimum Gasteiger partial charge on any atom is -0.493 e. The molecule has 0 atom stereocenters. The molecule has 1 saturated heterocycles. The molecule has 6 nitrogen and oxygen atoms in total. The number of carbonyl (C=O) groups excluding carboxylic acids is 1. The van der Waals surface area contributed by atoms with Gasteiger partial charge >= 0.3 is 0 Å². The SMILES string of the molecule is COc1ccc(CN2CCN(C(=O)c3ccccc3Cl)CC2)c(OC)c1OC. The summed E-state index contributed by atoms with van der Waals surface area (Å²) in [5.74, 6) is 1.89. The van der Waals surface area contributed by atoms with Gasteiger partial charge in [-0.3, -0.25) is 9.69 Å². The molecule has 0 aliphatic carbocycles. The van der Waals surface area contributed by atoms with Crippen molar-refractivity contribution in [3.63, 3.8) is 0 Å². The Balaban J connectivity index is 1.66. The molecule has 1 aliphatic heterocycles. The number of hydrogen-bond donors (Lipinski definition) is 0. The lowest BCUT2D eigenvalue weighted by atomic mass is 10.1. The van der Waals surface area contributed by atoms with E-state index >= 15 is 0 Å². The molecule has 2 aromatic rings. The van der Waals surface area contributed by atoms with Crippen LogP contribution in [0.1, 0.15) is 15.9 Å². The average molecular weight is 405 g/mol. The van der Waals surface area contributed by atoms with E-state index in [-0.39, 0.29) is 5.91 Å². The van der Waals surface area contributed by atoms with Gasteiger partial charge in [0.1, 0.15) is 0 Å². The number of benzene rings is 2. The van der Waals surface area contributed by atoms with Crippen LogP contribution in [0, 0.1) is 0 Å². The normalized spacial score (nSPS) is 14.6. The highest BCUT2D eigenvalue weighted by Gasteiger charge is 2.25. The molecule has 28 heavy (non-hydrogen) atoms. The van der Waals surface area contributed by atoms with Gasteiger partial charge in [0.15, 0.2) is 11.5 Å². The number of rotatable bonds is 6. The van der Waals surface area contributed by atoms with E-state index < -0.39 is 0 Å². The van der Waals surface area contributed by atoms with Crippen molar-refractivity contribution in [2.75, 3.05) is 47.5 Å². The summed E-state index contributed by atoms with van der Waals surface area (Å²) < 4.78 is 16.4. The fourth-order valence-electron chi connectivity index (χ4n) is 3.44. The van der Waals surface area contributed by atoms with Crippen molar-refractivity contribution in [2.24, 2.45) is 0 Å². The number of amides is 1. The third-order valence-electron chi connectivity index (χ3n) is 4.94. The Morgan fingerprint density at radius 1 is 0.929 bits per heavy atom. The van der Waals surface area contributed by atoms with E-state index in [1.807, 2.05) is 29.2 Å². The van der Waals surface area contributed by atoms with Crippen molar-refractivity contribution < 1.29 is 19.0 Å². The molecule has 1 heterocycles. The Labute approximate surface area is 170 Å². The Morgan fingerprint density at radius 3 is 2.21 bits per heavy atom. The first-order valence-corrected chi connectivity index (χ1v) is 9.50. The number of halogens is 1. The van der Waals surface area contributed by atoms with Gasteiger partial charge in [-0.05, 0) is 18.2 Å². The molecule has 0 saturated carbocycles. The smallest absolute Gasteiger partial charge is 0.255 e. The summed E-state index contributed by atoms with van der Waals surface area (Å²) in [5.41, 5.74) is 1.57. The second kappa shape index (κ2) is 9.17. The monoisotopic (exact) mass is 404 g/mol. The van der Waals surface area contributed by atoms with E-state index in [1.165, 1.54) is 0 Å². The lowest BCUT2D eigenvalue weighted by Gasteiger charge is -2.35. The summed E-state index contributed by atoms with van der Waals surface area (Å²) in [6.07, 6.45) is 0. The Kier molecular flexibility index (Phi) is 6.65. The first-order chi connectivity index (χ1) is 13.6. The second-order valence-electron chi connectivity index (χ2n) is 6.54. The number of ether oxygens (including phenoxy) is 3. The van der Waals surface area contributed by atoms with Gasteiger partial charge in [-0.1, -0.05) is 29.8 Å². The highest BCUT2D eigenvalue weighted by Crippen LogP contribution is 2.40. The summed E-state index contributed by atoms with van der Waals surface area (Å²) >= 11 is 6.17.